The average Bonchev–Trinajstić information content (AvgIpc) is 2.86. The molecule has 0 unspecified atom stereocenters. The molecule has 0 aliphatic carbocycles. The maximum absolute atomic E-state index is 12.9. The highest BCUT2D eigenvalue weighted by Crippen LogP contribution is 2.35. The monoisotopic (exact) mass is 372 g/mol. The van der Waals surface area contributed by atoms with Crippen molar-refractivity contribution in [3.8, 4) is 11.5 Å². The molecule has 6 nitrogen and oxygen atoms in total. The number of carbonyl (C=O) groups is 2. The quantitative estimate of drug-likeness (QED) is 0.786. The molecule has 0 aromatic heterocycles. The summed E-state index contributed by atoms with van der Waals surface area (Å²) in [5, 5.41) is 2.73. The lowest BCUT2D eigenvalue weighted by atomic mass is 10.2. The van der Waals surface area contributed by atoms with Gasteiger partial charge in [0, 0.05) is 11.8 Å². The zero-order chi connectivity index (χ0) is 18.7. The van der Waals surface area contributed by atoms with Crippen molar-refractivity contribution in [2.75, 3.05) is 23.9 Å². The molecular formula is C19H17ClN2O4. The molecule has 1 heterocycles. The molecule has 0 bridgehead atoms. The maximum atomic E-state index is 12.9. The largest absolute Gasteiger partial charge is 0.497 e. The number of methoxy groups -OCH3 is 1. The minimum absolute atomic E-state index is 0.0104. The van der Waals surface area contributed by atoms with Crippen molar-refractivity contribution in [2.24, 2.45) is 0 Å². The zero-order valence-corrected chi connectivity index (χ0v) is 15.0. The van der Waals surface area contributed by atoms with Crippen LogP contribution >= 0.6 is 11.6 Å². The highest BCUT2D eigenvalue weighted by atomic mass is 35.5. The molecule has 1 N–H and O–H groups in total. The van der Waals surface area contributed by atoms with Crippen LogP contribution in [0.25, 0.3) is 0 Å². The van der Waals surface area contributed by atoms with Gasteiger partial charge in [-0.25, -0.2) is 4.90 Å². The summed E-state index contributed by atoms with van der Waals surface area (Å²) in [6.07, 6.45) is 0. The minimum atomic E-state index is -0.603. The van der Waals surface area contributed by atoms with E-state index in [1.807, 2.05) is 6.92 Å². The second kappa shape index (κ2) is 7.49. The summed E-state index contributed by atoms with van der Waals surface area (Å²) in [6.45, 7) is 2.23. The SMILES string of the molecule is CCOc1ccccc1N1C(=O)C(Cl)=C(Nc2cccc(OC)c2)C1=O. The van der Waals surface area contributed by atoms with Crippen LogP contribution < -0.4 is 19.7 Å². The van der Waals surface area contributed by atoms with Gasteiger partial charge in [0.15, 0.2) is 0 Å². The number of ether oxygens (including phenoxy) is 2. The van der Waals surface area contributed by atoms with E-state index in [1.165, 1.54) is 0 Å². The van der Waals surface area contributed by atoms with Crippen LogP contribution in [0.5, 0.6) is 11.5 Å². The van der Waals surface area contributed by atoms with Gasteiger partial charge in [-0.3, -0.25) is 9.59 Å². The third-order valence-electron chi connectivity index (χ3n) is 3.77. The Labute approximate surface area is 156 Å². The first-order valence-electron chi connectivity index (χ1n) is 7.98. The normalized spacial score (nSPS) is 14.0. The van der Waals surface area contributed by atoms with Gasteiger partial charge in [0.05, 0.1) is 19.4 Å². The van der Waals surface area contributed by atoms with Crippen molar-refractivity contribution in [2.45, 2.75) is 6.92 Å². The van der Waals surface area contributed by atoms with Crippen LogP contribution in [0, 0.1) is 0 Å². The van der Waals surface area contributed by atoms with Crippen molar-refractivity contribution in [3.05, 3.63) is 59.3 Å². The number of nitrogens with zero attached hydrogens (tertiary/aromatic N) is 1. The standard InChI is InChI=1S/C19H17ClN2O4/c1-3-26-15-10-5-4-9-14(15)22-18(23)16(20)17(19(22)24)21-12-7-6-8-13(11-12)25-2/h4-11,21H,3H2,1-2H3. The second-order valence-corrected chi connectivity index (χ2v) is 5.77. The Morgan fingerprint density at radius 1 is 1.08 bits per heavy atom. The van der Waals surface area contributed by atoms with Gasteiger partial charge in [0.25, 0.3) is 11.8 Å². The summed E-state index contributed by atoms with van der Waals surface area (Å²) in [7, 11) is 1.54. The Morgan fingerprint density at radius 3 is 2.58 bits per heavy atom. The average molecular weight is 373 g/mol. The first kappa shape index (κ1) is 17.8. The summed E-state index contributed by atoms with van der Waals surface area (Å²) in [5.74, 6) is -0.102. The molecule has 1 aliphatic heterocycles. The van der Waals surface area contributed by atoms with E-state index in [0.29, 0.717) is 29.5 Å². The van der Waals surface area contributed by atoms with Crippen LogP contribution in [0.3, 0.4) is 0 Å². The van der Waals surface area contributed by atoms with E-state index in [-0.39, 0.29) is 10.7 Å². The molecule has 26 heavy (non-hydrogen) atoms. The molecule has 0 fully saturated rings. The van der Waals surface area contributed by atoms with Gasteiger partial charge in [-0.15, -0.1) is 0 Å². The van der Waals surface area contributed by atoms with Gasteiger partial charge in [0.2, 0.25) is 0 Å². The zero-order valence-electron chi connectivity index (χ0n) is 14.3. The second-order valence-electron chi connectivity index (χ2n) is 5.39. The number of hydrogen-bond donors (Lipinski definition) is 1. The Morgan fingerprint density at radius 2 is 1.85 bits per heavy atom. The third kappa shape index (κ3) is 3.23. The van der Waals surface area contributed by atoms with Crippen molar-refractivity contribution >= 4 is 34.8 Å². The van der Waals surface area contributed by atoms with E-state index in [2.05, 4.69) is 5.32 Å². The van der Waals surface area contributed by atoms with E-state index in [4.69, 9.17) is 21.1 Å². The smallest absolute Gasteiger partial charge is 0.283 e. The highest BCUT2D eigenvalue weighted by Gasteiger charge is 2.40. The van der Waals surface area contributed by atoms with Gasteiger partial charge < -0.3 is 14.8 Å². The number of benzene rings is 2. The van der Waals surface area contributed by atoms with Crippen molar-refractivity contribution in [1.82, 2.24) is 0 Å². The molecule has 2 aromatic rings. The summed E-state index contributed by atoms with van der Waals surface area (Å²) in [5.41, 5.74) is 0.944. The minimum Gasteiger partial charge on any atom is -0.497 e. The Kier molecular flexibility index (Phi) is 5.14. The van der Waals surface area contributed by atoms with Crippen LogP contribution in [0.15, 0.2) is 59.3 Å². The van der Waals surface area contributed by atoms with E-state index in [0.717, 1.165) is 4.90 Å². The predicted octanol–water partition coefficient (Wildman–Crippen LogP) is 3.53. The molecule has 0 spiro atoms. The van der Waals surface area contributed by atoms with Crippen LogP contribution in [0.1, 0.15) is 6.92 Å². The fraction of sp³-hybridized carbons (Fsp3) is 0.158. The van der Waals surface area contributed by atoms with Crippen molar-refractivity contribution in [1.29, 1.82) is 0 Å². The summed E-state index contributed by atoms with van der Waals surface area (Å²) in [4.78, 5) is 26.5. The molecule has 7 heteroatoms. The number of hydrogen-bond acceptors (Lipinski definition) is 5. The molecule has 1 aliphatic rings. The molecule has 134 valence electrons. The summed E-state index contributed by atoms with van der Waals surface area (Å²) in [6, 6.07) is 13.8. The molecule has 3 rings (SSSR count). The molecule has 0 atom stereocenters. The Bertz CT molecular complexity index is 895. The predicted molar refractivity (Wildman–Crippen MR) is 99.6 cm³/mol. The topological polar surface area (TPSA) is 67.9 Å². The van der Waals surface area contributed by atoms with Gasteiger partial charge in [0.1, 0.15) is 22.2 Å². The number of nitrogens with one attached hydrogen (secondary N) is 1. The molecule has 0 saturated heterocycles. The molecular weight excluding hydrogens is 356 g/mol. The van der Waals surface area contributed by atoms with Crippen molar-refractivity contribution < 1.29 is 19.1 Å². The van der Waals surface area contributed by atoms with E-state index in [1.54, 1.807) is 55.6 Å². The lowest BCUT2D eigenvalue weighted by molar-refractivity contribution is -0.120. The lowest BCUT2D eigenvalue weighted by Crippen LogP contribution is -2.32. The molecule has 2 aromatic carbocycles. The highest BCUT2D eigenvalue weighted by molar-refractivity contribution is 6.53. The first-order valence-corrected chi connectivity index (χ1v) is 8.36. The van der Waals surface area contributed by atoms with Crippen LogP contribution in [0.4, 0.5) is 11.4 Å². The number of para-hydroxylation sites is 2. The van der Waals surface area contributed by atoms with Crippen LogP contribution in [-0.2, 0) is 9.59 Å². The molecule has 0 radical (unpaired) electrons. The molecule has 0 saturated carbocycles. The third-order valence-corrected chi connectivity index (χ3v) is 4.12. The van der Waals surface area contributed by atoms with E-state index >= 15 is 0 Å². The van der Waals surface area contributed by atoms with Gasteiger partial charge in [-0.2, -0.15) is 0 Å². The number of halogens is 1. The Balaban J connectivity index is 1.93. The van der Waals surface area contributed by atoms with E-state index < -0.39 is 11.8 Å². The number of amides is 2. The van der Waals surface area contributed by atoms with Gasteiger partial charge >= 0.3 is 0 Å². The fourth-order valence-corrected chi connectivity index (χ4v) is 2.81. The van der Waals surface area contributed by atoms with Crippen LogP contribution in [-0.4, -0.2) is 25.5 Å². The first-order chi connectivity index (χ1) is 12.6. The number of imide groups is 1. The number of carbonyl (C=O) groups excluding carboxylic acids is 2. The van der Waals surface area contributed by atoms with Crippen molar-refractivity contribution in [3.63, 3.8) is 0 Å². The maximum Gasteiger partial charge on any atom is 0.283 e. The number of anilines is 2. The lowest BCUT2D eigenvalue weighted by Gasteiger charge is -2.18. The number of rotatable bonds is 6. The summed E-state index contributed by atoms with van der Waals surface area (Å²) >= 11 is 6.15. The van der Waals surface area contributed by atoms with Crippen LogP contribution in [0.2, 0.25) is 0 Å². The van der Waals surface area contributed by atoms with Gasteiger partial charge in [-0.05, 0) is 31.2 Å². The van der Waals surface area contributed by atoms with E-state index in [9.17, 15) is 9.59 Å². The molecule has 2 amide bonds. The van der Waals surface area contributed by atoms with Gasteiger partial charge in [-0.1, -0.05) is 29.8 Å². The summed E-state index contributed by atoms with van der Waals surface area (Å²) < 4.78 is 10.7. The Hall–Kier alpha value is -2.99. The fourth-order valence-electron chi connectivity index (χ4n) is 2.59.